The zero-order valence-electron chi connectivity index (χ0n) is 62.1. The Labute approximate surface area is 644 Å². The molecule has 0 unspecified atom stereocenters. The van der Waals surface area contributed by atoms with Gasteiger partial charge in [-0.15, -0.1) is 0 Å². The molecule has 3 aliphatic heterocycles. The summed E-state index contributed by atoms with van der Waals surface area (Å²) in [5.74, 6) is 3.56. The second kappa shape index (κ2) is 34.6. The van der Waals surface area contributed by atoms with Gasteiger partial charge >= 0.3 is 0 Å². The zero-order chi connectivity index (χ0) is 77.8. The Hall–Kier alpha value is -12.8. The van der Waals surface area contributed by atoms with E-state index < -0.39 is 11.6 Å². The number of carbonyl (C=O) groups excluding carboxylic acids is 3. The topological polar surface area (TPSA) is 236 Å². The Morgan fingerprint density at radius 2 is 0.748 bits per heavy atom. The molecule has 0 N–H and O–H groups in total. The molecule has 15 rings (SSSR count). The van der Waals surface area contributed by atoms with E-state index in [0.717, 1.165) is 92.2 Å². The van der Waals surface area contributed by atoms with Gasteiger partial charge in [-0.05, 0) is 167 Å². The number of amides is 3. The molecule has 27 heteroatoms. The van der Waals surface area contributed by atoms with Gasteiger partial charge in [0, 0.05) is 74.5 Å². The lowest BCUT2D eigenvalue weighted by atomic mass is 10.1. The number of carbonyl (C=O) groups is 3. The summed E-state index contributed by atoms with van der Waals surface area (Å²) >= 11 is 6.40. The maximum atomic E-state index is 14.5. The van der Waals surface area contributed by atoms with Crippen LogP contribution in [0.3, 0.4) is 0 Å². The van der Waals surface area contributed by atoms with Crippen LogP contribution in [0.2, 0.25) is 5.02 Å². The molecule has 0 saturated carbocycles. The molecule has 6 aromatic carbocycles. The Bertz CT molecular complexity index is 5410. The van der Waals surface area contributed by atoms with Gasteiger partial charge in [0.25, 0.3) is 0 Å². The van der Waals surface area contributed by atoms with Crippen molar-refractivity contribution in [1.29, 1.82) is 0 Å². The summed E-state index contributed by atoms with van der Waals surface area (Å²) < 4.78 is 85.2. The largest absolute Gasteiger partial charge is 0.495 e. The zero-order valence-corrected chi connectivity index (χ0v) is 62.8. The van der Waals surface area contributed by atoms with E-state index in [0.29, 0.717) is 104 Å². The minimum Gasteiger partial charge on any atom is -0.495 e. The number of piperidine rings is 1. The number of ether oxygens (including phenoxy) is 9. The van der Waals surface area contributed by atoms with E-state index in [-0.39, 0.29) is 58.8 Å². The van der Waals surface area contributed by atoms with Crippen molar-refractivity contribution in [2.45, 2.75) is 57.7 Å². The van der Waals surface area contributed by atoms with Crippen LogP contribution >= 0.6 is 11.6 Å². The Morgan fingerprint density at radius 1 is 0.423 bits per heavy atom. The van der Waals surface area contributed by atoms with Crippen molar-refractivity contribution in [3.8, 4) is 103 Å². The molecule has 0 aliphatic carbocycles. The molecule has 3 aliphatic rings. The molecular weight excluding hydrogens is 1440 g/mol. The standard InChI is InChI=1S/C29H29ClN4O4.C28H27FN4O4.C27H25FN4O4/c1-4-26(35)33-15-7-8-20(18-33)34-29-22(16-31-17-25(29)37-5-2)28(32-34)19-11-13-21(14-12-19)38-24-10-6-9-23(36-3)27(24)30;1-4-25(34)32-14-13-19(17-32)33-28-21(15-30-16-24(28)36-5-2)27(31-33)18-9-11-20(12-10-18)37-23-8-6-7-22(35-3)26(23)29;1-4-24(33)31-13-12-18(16-31)32-27-20(14-29-15-23(27)35-3)26(30-32)17-8-10-19(11-9-17)36-22-7-5-6-21(34-2)25(22)28/h4,6,9-14,16-17,20H,1,5,7-8,15,18H2,2-3H3;4,6-12,15-16,19H,1,5,13-14,17H2,2-3H3;4-11,14-15,18H,1,12-13,16H2,2-3H3/t20-;19-;18-/m111/s1. The molecule has 111 heavy (non-hydrogen) atoms. The number of nitrogens with zero attached hydrogens (tertiary/aromatic N) is 12. The minimum absolute atomic E-state index is 0.00307. The molecule has 3 atom stereocenters. The average Bonchev–Trinajstić information content (AvgIpc) is 1.61. The number of fused-ring (bicyclic) bond motifs is 3. The molecule has 0 radical (unpaired) electrons. The maximum Gasteiger partial charge on any atom is 0.246 e. The van der Waals surface area contributed by atoms with Gasteiger partial charge in [-0.1, -0.05) is 49.5 Å². The molecule has 570 valence electrons. The predicted molar refractivity (Wildman–Crippen MR) is 418 cm³/mol. The van der Waals surface area contributed by atoms with Gasteiger partial charge < -0.3 is 57.3 Å². The van der Waals surface area contributed by atoms with Crippen molar-refractivity contribution >= 4 is 62.0 Å². The van der Waals surface area contributed by atoms with Gasteiger partial charge in [-0.3, -0.25) is 43.4 Å². The highest BCUT2D eigenvalue weighted by Gasteiger charge is 2.34. The molecule has 3 fully saturated rings. The Kier molecular flexibility index (Phi) is 23.8. The maximum absolute atomic E-state index is 14.5. The molecule has 0 spiro atoms. The summed E-state index contributed by atoms with van der Waals surface area (Å²) in [4.78, 5) is 55.1. The first-order valence-corrected chi connectivity index (χ1v) is 36.4. The fourth-order valence-corrected chi connectivity index (χ4v) is 14.1. The number of aromatic nitrogens is 9. The Morgan fingerprint density at radius 3 is 1.12 bits per heavy atom. The number of likely N-dealkylation sites (tertiary alicyclic amines) is 3. The summed E-state index contributed by atoms with van der Waals surface area (Å²) in [5.41, 5.74) is 7.36. The number of benzene rings is 6. The number of methoxy groups -OCH3 is 4. The lowest BCUT2D eigenvalue weighted by Crippen LogP contribution is -2.40. The fourth-order valence-electron chi connectivity index (χ4n) is 13.9. The fraction of sp³-hybridized carbons (Fsp3) is 0.250. The van der Waals surface area contributed by atoms with Crippen molar-refractivity contribution in [3.05, 3.63) is 219 Å². The van der Waals surface area contributed by atoms with E-state index in [1.165, 1.54) is 44.6 Å². The second-order valence-corrected chi connectivity index (χ2v) is 26.3. The molecule has 0 bridgehead atoms. The summed E-state index contributed by atoms with van der Waals surface area (Å²) in [6.07, 6.45) is 17.8. The number of hydrogen-bond acceptors (Lipinski definition) is 18. The van der Waals surface area contributed by atoms with Gasteiger partial charge in [0.1, 0.15) is 67.4 Å². The van der Waals surface area contributed by atoms with Crippen LogP contribution in [0.5, 0.6) is 69.0 Å². The van der Waals surface area contributed by atoms with E-state index in [4.69, 9.17) is 69.5 Å². The first kappa shape index (κ1) is 76.4. The van der Waals surface area contributed by atoms with Crippen LogP contribution < -0.4 is 42.6 Å². The van der Waals surface area contributed by atoms with Crippen molar-refractivity contribution < 1.29 is 65.8 Å². The van der Waals surface area contributed by atoms with Crippen molar-refractivity contribution in [1.82, 2.24) is 59.0 Å². The smallest absolute Gasteiger partial charge is 0.246 e. The molecular formula is C84H81ClF2N12O12. The highest BCUT2D eigenvalue weighted by molar-refractivity contribution is 6.33. The third-order valence-electron chi connectivity index (χ3n) is 19.3. The van der Waals surface area contributed by atoms with Crippen molar-refractivity contribution in [2.75, 3.05) is 80.9 Å². The number of hydrogen-bond donors (Lipinski definition) is 0. The molecule has 9 heterocycles. The van der Waals surface area contributed by atoms with Gasteiger partial charge in [0.15, 0.2) is 40.2 Å². The van der Waals surface area contributed by atoms with E-state index in [9.17, 15) is 23.2 Å². The minimum atomic E-state index is -0.562. The lowest BCUT2D eigenvalue weighted by Gasteiger charge is -2.32. The third kappa shape index (κ3) is 16.2. The summed E-state index contributed by atoms with van der Waals surface area (Å²) in [6.45, 7) is 19.3. The summed E-state index contributed by atoms with van der Waals surface area (Å²) in [6, 6.07) is 37.0. The highest BCUT2D eigenvalue weighted by atomic mass is 35.5. The van der Waals surface area contributed by atoms with Gasteiger partial charge in [-0.25, -0.2) is 0 Å². The normalized spacial score (nSPS) is 15.2. The van der Waals surface area contributed by atoms with Crippen molar-refractivity contribution in [3.63, 3.8) is 0 Å². The molecule has 24 nitrogen and oxygen atoms in total. The van der Waals surface area contributed by atoms with E-state index >= 15 is 0 Å². The van der Waals surface area contributed by atoms with Gasteiger partial charge in [0.2, 0.25) is 29.4 Å². The summed E-state index contributed by atoms with van der Waals surface area (Å²) in [7, 11) is 5.98. The SMILES string of the molecule is C=CC(=O)N1CCC[C@@H](n2nc(-c3ccc(Oc4cccc(OC)c4Cl)cc3)c3cncc(OCC)c32)C1.C=CC(=O)N1CC[C@@H](n2nc(-c3ccc(Oc4cccc(OC)c4F)cc3)c3cncc(OC)c32)C1.C=CC(=O)N1CC[C@@H](n2nc(-c3ccc(Oc4cccc(OC)c4F)cc3)c3cncc(OCC)c32)C1. The second-order valence-electron chi connectivity index (χ2n) is 25.9. The quantitative estimate of drug-likeness (QED) is 0.0541. The average molecular weight is 1520 g/mol. The van der Waals surface area contributed by atoms with Crippen LogP contribution in [0.4, 0.5) is 8.78 Å². The molecule has 3 saturated heterocycles. The van der Waals surface area contributed by atoms with Crippen LogP contribution in [0.1, 0.15) is 57.7 Å². The van der Waals surface area contributed by atoms with Gasteiger partial charge in [-0.2, -0.15) is 24.1 Å². The monoisotopic (exact) mass is 1520 g/mol. The third-order valence-corrected chi connectivity index (χ3v) is 19.6. The number of halogens is 3. The molecule has 12 aromatic rings. The van der Waals surface area contributed by atoms with Crippen LogP contribution in [-0.2, 0) is 14.4 Å². The number of rotatable bonds is 23. The van der Waals surface area contributed by atoms with E-state index in [1.54, 1.807) is 116 Å². The molecule has 3 amide bonds. The van der Waals surface area contributed by atoms with E-state index in [1.807, 2.05) is 93.6 Å². The van der Waals surface area contributed by atoms with Crippen LogP contribution in [0, 0.1) is 11.6 Å². The van der Waals surface area contributed by atoms with E-state index in [2.05, 4.69) is 34.7 Å². The first-order chi connectivity index (χ1) is 54.1. The number of pyridine rings is 3. The summed E-state index contributed by atoms with van der Waals surface area (Å²) in [5, 5.41) is 17.9. The van der Waals surface area contributed by atoms with Gasteiger partial charge in [0.05, 0.1) is 94.5 Å². The molecule has 6 aromatic heterocycles. The van der Waals surface area contributed by atoms with Crippen LogP contribution in [0.25, 0.3) is 66.5 Å². The lowest BCUT2D eigenvalue weighted by molar-refractivity contribution is -0.127. The predicted octanol–water partition coefficient (Wildman–Crippen LogP) is 16.7. The Balaban J connectivity index is 0.000000146. The van der Waals surface area contributed by atoms with Crippen LogP contribution in [0.15, 0.2) is 203 Å². The highest BCUT2D eigenvalue weighted by Crippen LogP contribution is 2.44. The van der Waals surface area contributed by atoms with Crippen molar-refractivity contribution in [2.24, 2.45) is 0 Å². The first-order valence-electron chi connectivity index (χ1n) is 36.1. The van der Waals surface area contributed by atoms with Crippen LogP contribution in [-0.4, -0.2) is 158 Å².